The SMILES string of the molecule is CC(=O)OC1C(OC(=O)C(C)C)CC(C)C23CC(CC(OC(=O)c4ccccc4)C12C)C(C)(C)O3. The zero-order valence-corrected chi connectivity index (χ0v) is 21.8. The standard InChI is InChI=1S/C28H38O7/c1-16(2)24(30)33-21-13-17(3)28-15-20(26(5,6)35-28)14-22(27(28,7)23(21)32-18(4)29)34-25(31)19-11-9-8-10-12-19/h8-12,16-17,20-23H,13-15H2,1-7H3. The maximum atomic E-state index is 13.2. The third kappa shape index (κ3) is 4.15. The minimum atomic E-state index is -0.924. The molecule has 1 spiro atoms. The van der Waals surface area contributed by atoms with Crippen LogP contribution in [0.5, 0.6) is 0 Å². The van der Waals surface area contributed by atoms with Crippen molar-refractivity contribution >= 4 is 17.9 Å². The average molecular weight is 487 g/mol. The Morgan fingerprint density at radius 2 is 1.66 bits per heavy atom. The fourth-order valence-electron chi connectivity index (χ4n) is 6.70. The van der Waals surface area contributed by atoms with E-state index < -0.39 is 46.9 Å². The maximum Gasteiger partial charge on any atom is 0.338 e. The lowest BCUT2D eigenvalue weighted by atomic mass is 9.49. The number of carbonyl (C=O) groups excluding carboxylic acids is 3. The lowest BCUT2D eigenvalue weighted by molar-refractivity contribution is -0.282. The number of hydrogen-bond donors (Lipinski definition) is 0. The number of benzene rings is 1. The molecule has 2 bridgehead atoms. The lowest BCUT2D eigenvalue weighted by Crippen LogP contribution is -2.71. The summed E-state index contributed by atoms with van der Waals surface area (Å²) in [6, 6.07) is 8.87. The first-order valence-corrected chi connectivity index (χ1v) is 12.7. The Labute approximate surface area is 207 Å². The number of fused-ring (bicyclic) bond motifs is 1. The molecule has 4 rings (SSSR count). The molecule has 0 amide bonds. The highest BCUT2D eigenvalue weighted by molar-refractivity contribution is 5.89. The van der Waals surface area contributed by atoms with Gasteiger partial charge in [-0.1, -0.05) is 39.0 Å². The predicted octanol–water partition coefficient (Wildman–Crippen LogP) is 4.72. The van der Waals surface area contributed by atoms with Crippen LogP contribution >= 0.6 is 0 Å². The minimum absolute atomic E-state index is 0.0215. The molecule has 0 aromatic heterocycles. The largest absolute Gasteiger partial charge is 0.458 e. The van der Waals surface area contributed by atoms with Crippen LogP contribution < -0.4 is 0 Å². The van der Waals surface area contributed by atoms with Crippen LogP contribution in [-0.4, -0.2) is 47.4 Å². The molecule has 7 atom stereocenters. The van der Waals surface area contributed by atoms with Crippen molar-refractivity contribution in [3.63, 3.8) is 0 Å². The number of ether oxygens (including phenoxy) is 4. The van der Waals surface area contributed by atoms with Gasteiger partial charge in [0.15, 0.2) is 6.10 Å². The van der Waals surface area contributed by atoms with E-state index in [4.69, 9.17) is 18.9 Å². The molecule has 2 saturated carbocycles. The van der Waals surface area contributed by atoms with E-state index in [9.17, 15) is 14.4 Å². The maximum absolute atomic E-state index is 13.2. The predicted molar refractivity (Wildman–Crippen MR) is 128 cm³/mol. The third-order valence-electron chi connectivity index (χ3n) is 8.66. The first-order chi connectivity index (χ1) is 16.3. The number of carbonyl (C=O) groups is 3. The van der Waals surface area contributed by atoms with Crippen LogP contribution in [0.4, 0.5) is 0 Å². The zero-order chi connectivity index (χ0) is 25.8. The van der Waals surface area contributed by atoms with Gasteiger partial charge in [0.1, 0.15) is 12.2 Å². The van der Waals surface area contributed by atoms with E-state index in [1.807, 2.05) is 13.0 Å². The van der Waals surface area contributed by atoms with Gasteiger partial charge >= 0.3 is 17.9 Å². The van der Waals surface area contributed by atoms with Crippen molar-refractivity contribution in [2.45, 2.75) is 97.2 Å². The van der Waals surface area contributed by atoms with Gasteiger partial charge in [-0.25, -0.2) is 4.79 Å². The molecule has 0 radical (unpaired) electrons. The topological polar surface area (TPSA) is 88.1 Å². The fraction of sp³-hybridized carbons (Fsp3) is 0.679. The summed E-state index contributed by atoms with van der Waals surface area (Å²) in [5.74, 6) is -1.43. The Morgan fingerprint density at radius 3 is 2.26 bits per heavy atom. The first-order valence-electron chi connectivity index (χ1n) is 12.7. The van der Waals surface area contributed by atoms with Gasteiger partial charge in [0.2, 0.25) is 0 Å². The van der Waals surface area contributed by atoms with Gasteiger partial charge in [-0.15, -0.1) is 0 Å². The Morgan fingerprint density at radius 1 is 1.00 bits per heavy atom. The molecule has 192 valence electrons. The molecule has 1 saturated heterocycles. The van der Waals surface area contributed by atoms with Crippen LogP contribution in [0, 0.1) is 23.2 Å². The van der Waals surface area contributed by atoms with E-state index in [2.05, 4.69) is 20.8 Å². The molecular formula is C28H38O7. The summed E-state index contributed by atoms with van der Waals surface area (Å²) in [4.78, 5) is 38.2. The van der Waals surface area contributed by atoms with E-state index in [1.54, 1.807) is 38.1 Å². The van der Waals surface area contributed by atoms with Crippen molar-refractivity contribution in [3.05, 3.63) is 35.9 Å². The normalized spacial score (nSPS) is 37.3. The Kier molecular flexibility index (Phi) is 6.54. The molecule has 7 heteroatoms. The highest BCUT2D eigenvalue weighted by Crippen LogP contribution is 2.67. The van der Waals surface area contributed by atoms with E-state index in [0.29, 0.717) is 18.4 Å². The molecule has 2 aliphatic carbocycles. The molecule has 1 heterocycles. The number of hydrogen-bond acceptors (Lipinski definition) is 7. The molecule has 7 nitrogen and oxygen atoms in total. The second-order valence-corrected chi connectivity index (χ2v) is 11.6. The van der Waals surface area contributed by atoms with Gasteiger partial charge < -0.3 is 18.9 Å². The van der Waals surface area contributed by atoms with Crippen LogP contribution in [0.1, 0.15) is 78.1 Å². The van der Waals surface area contributed by atoms with E-state index >= 15 is 0 Å². The van der Waals surface area contributed by atoms with Gasteiger partial charge in [-0.3, -0.25) is 9.59 Å². The highest BCUT2D eigenvalue weighted by atomic mass is 16.6. The minimum Gasteiger partial charge on any atom is -0.458 e. The second kappa shape index (κ2) is 8.91. The summed E-state index contributed by atoms with van der Waals surface area (Å²) in [5, 5.41) is 0. The van der Waals surface area contributed by atoms with Gasteiger partial charge in [0.05, 0.1) is 28.1 Å². The molecule has 35 heavy (non-hydrogen) atoms. The van der Waals surface area contributed by atoms with Gasteiger partial charge in [-0.05, 0) is 64.0 Å². The fourth-order valence-corrected chi connectivity index (χ4v) is 6.70. The van der Waals surface area contributed by atoms with Crippen LogP contribution in [0.15, 0.2) is 30.3 Å². The van der Waals surface area contributed by atoms with Crippen LogP contribution in [-0.2, 0) is 28.5 Å². The summed E-state index contributed by atoms with van der Waals surface area (Å²) in [5.41, 5.74) is -1.61. The van der Waals surface area contributed by atoms with Crippen molar-refractivity contribution in [2.24, 2.45) is 23.2 Å². The van der Waals surface area contributed by atoms with Crippen molar-refractivity contribution in [1.29, 1.82) is 0 Å². The Balaban J connectivity index is 1.80. The number of rotatable bonds is 5. The van der Waals surface area contributed by atoms with Crippen LogP contribution in [0.2, 0.25) is 0 Å². The van der Waals surface area contributed by atoms with Gasteiger partial charge in [0.25, 0.3) is 0 Å². The first kappa shape index (κ1) is 25.7. The van der Waals surface area contributed by atoms with Crippen molar-refractivity contribution in [1.82, 2.24) is 0 Å². The monoisotopic (exact) mass is 486 g/mol. The lowest BCUT2D eigenvalue weighted by Gasteiger charge is -2.61. The summed E-state index contributed by atoms with van der Waals surface area (Å²) in [6.45, 7) is 13.1. The molecule has 0 N–H and O–H groups in total. The molecular weight excluding hydrogens is 448 g/mol. The summed E-state index contributed by atoms with van der Waals surface area (Å²) < 4.78 is 25.0. The van der Waals surface area contributed by atoms with Gasteiger partial charge in [-0.2, -0.15) is 0 Å². The van der Waals surface area contributed by atoms with E-state index in [0.717, 1.165) is 6.42 Å². The zero-order valence-electron chi connectivity index (χ0n) is 21.8. The molecule has 1 aliphatic heterocycles. The van der Waals surface area contributed by atoms with Crippen molar-refractivity contribution in [3.8, 4) is 0 Å². The highest BCUT2D eigenvalue weighted by Gasteiger charge is 2.75. The van der Waals surface area contributed by atoms with Crippen molar-refractivity contribution in [2.75, 3.05) is 0 Å². The second-order valence-electron chi connectivity index (χ2n) is 11.6. The summed E-state index contributed by atoms with van der Waals surface area (Å²) in [7, 11) is 0. The average Bonchev–Trinajstić information content (AvgIpc) is 3.03. The third-order valence-corrected chi connectivity index (χ3v) is 8.66. The van der Waals surface area contributed by atoms with Crippen molar-refractivity contribution < 1.29 is 33.3 Å². The molecule has 1 aromatic rings. The smallest absolute Gasteiger partial charge is 0.338 e. The Bertz CT molecular complexity index is 986. The molecule has 3 fully saturated rings. The van der Waals surface area contributed by atoms with E-state index in [1.165, 1.54) is 6.92 Å². The summed E-state index contributed by atoms with van der Waals surface area (Å²) >= 11 is 0. The summed E-state index contributed by atoms with van der Waals surface area (Å²) in [6.07, 6.45) is -0.251. The van der Waals surface area contributed by atoms with Crippen LogP contribution in [0.3, 0.4) is 0 Å². The molecule has 1 aromatic carbocycles. The number of esters is 3. The molecule has 3 aliphatic rings. The van der Waals surface area contributed by atoms with Crippen LogP contribution in [0.25, 0.3) is 0 Å². The Hall–Kier alpha value is -2.41. The van der Waals surface area contributed by atoms with Gasteiger partial charge in [0, 0.05) is 6.92 Å². The quantitative estimate of drug-likeness (QED) is 0.440. The van der Waals surface area contributed by atoms with E-state index in [-0.39, 0.29) is 23.7 Å². The molecule has 7 unspecified atom stereocenters.